The van der Waals surface area contributed by atoms with E-state index in [0.29, 0.717) is 11.3 Å². The monoisotopic (exact) mass is 314 g/mol. The summed E-state index contributed by atoms with van der Waals surface area (Å²) in [6.07, 6.45) is 0. The Balaban J connectivity index is 2.27. The van der Waals surface area contributed by atoms with Crippen molar-refractivity contribution in [3.63, 3.8) is 0 Å². The van der Waals surface area contributed by atoms with Crippen molar-refractivity contribution in [2.45, 2.75) is 6.92 Å². The number of carbonyl (C=O) groups excluding carboxylic acids is 2. The molecular weight excluding hydrogens is 300 g/mol. The fourth-order valence-corrected chi connectivity index (χ4v) is 1.97. The molecule has 0 atom stereocenters. The molecule has 0 radical (unpaired) electrons. The first kappa shape index (κ1) is 16.2. The Bertz CT molecular complexity index is 769. The molecule has 2 aromatic rings. The van der Waals surface area contributed by atoms with Gasteiger partial charge in [-0.1, -0.05) is 0 Å². The summed E-state index contributed by atoms with van der Waals surface area (Å²) < 4.78 is 5.06. The van der Waals surface area contributed by atoms with Gasteiger partial charge in [-0.05, 0) is 37.3 Å². The molecule has 118 valence electrons. The molecule has 0 aliphatic heterocycles. The van der Waals surface area contributed by atoms with Crippen LogP contribution in [0, 0.1) is 10.1 Å². The Labute approximate surface area is 132 Å². The molecule has 7 nitrogen and oxygen atoms in total. The maximum absolute atomic E-state index is 12.3. The summed E-state index contributed by atoms with van der Waals surface area (Å²) >= 11 is 0. The molecule has 0 saturated heterocycles. The van der Waals surface area contributed by atoms with Crippen LogP contribution in [0.5, 0.6) is 5.75 Å². The predicted octanol–water partition coefficient (Wildman–Crippen LogP) is 3.06. The molecule has 2 rings (SSSR count). The van der Waals surface area contributed by atoms with E-state index >= 15 is 0 Å². The molecule has 1 amide bonds. The van der Waals surface area contributed by atoms with Gasteiger partial charge in [-0.25, -0.2) is 0 Å². The van der Waals surface area contributed by atoms with Gasteiger partial charge in [0.2, 0.25) is 0 Å². The number of amides is 1. The number of non-ortho nitro benzene ring substituents is 1. The minimum Gasteiger partial charge on any atom is -0.496 e. The second-order valence-corrected chi connectivity index (χ2v) is 4.73. The number of methoxy groups -OCH3 is 1. The average Bonchev–Trinajstić information content (AvgIpc) is 2.54. The summed E-state index contributed by atoms with van der Waals surface area (Å²) in [5.41, 5.74) is 0.838. The van der Waals surface area contributed by atoms with Gasteiger partial charge in [0, 0.05) is 23.4 Å². The number of nitrogens with zero attached hydrogens (tertiary/aromatic N) is 1. The second-order valence-electron chi connectivity index (χ2n) is 4.73. The molecule has 0 heterocycles. The highest BCUT2D eigenvalue weighted by Crippen LogP contribution is 2.25. The Kier molecular flexibility index (Phi) is 4.70. The quantitative estimate of drug-likeness (QED) is 0.519. The molecule has 0 bridgehead atoms. The zero-order valence-electron chi connectivity index (χ0n) is 12.5. The number of anilines is 1. The fourth-order valence-electron chi connectivity index (χ4n) is 1.97. The molecule has 0 unspecified atom stereocenters. The minimum absolute atomic E-state index is 0.0531. The highest BCUT2D eigenvalue weighted by Gasteiger charge is 2.17. The summed E-state index contributed by atoms with van der Waals surface area (Å²) in [5.74, 6) is -0.391. The molecule has 0 saturated carbocycles. The molecular formula is C16H14N2O5. The maximum Gasteiger partial charge on any atom is 0.270 e. The van der Waals surface area contributed by atoms with Gasteiger partial charge in [-0.15, -0.1) is 0 Å². The van der Waals surface area contributed by atoms with Gasteiger partial charge in [0.25, 0.3) is 11.6 Å². The van der Waals surface area contributed by atoms with Crippen LogP contribution in [0.2, 0.25) is 0 Å². The number of ketones is 1. The van der Waals surface area contributed by atoms with Crippen LogP contribution in [0.3, 0.4) is 0 Å². The number of rotatable bonds is 5. The van der Waals surface area contributed by atoms with Crippen molar-refractivity contribution in [3.8, 4) is 5.75 Å². The Morgan fingerprint density at radius 1 is 1.13 bits per heavy atom. The smallest absolute Gasteiger partial charge is 0.270 e. The Morgan fingerprint density at radius 2 is 1.78 bits per heavy atom. The van der Waals surface area contributed by atoms with Gasteiger partial charge in [-0.3, -0.25) is 19.7 Å². The molecule has 0 spiro atoms. The standard InChI is InChI=1S/C16H14N2O5/c1-10(19)11-3-5-12(6-4-11)17-16(20)14-9-13(18(21)22)7-8-15(14)23-2/h3-9H,1-2H3,(H,17,20). The molecule has 1 N–H and O–H groups in total. The minimum atomic E-state index is -0.585. The van der Waals surface area contributed by atoms with Crippen LogP contribution in [0.15, 0.2) is 42.5 Å². The van der Waals surface area contributed by atoms with Gasteiger partial charge in [0.1, 0.15) is 5.75 Å². The number of nitro benzene ring substituents is 1. The highest BCUT2D eigenvalue weighted by molar-refractivity contribution is 6.06. The normalized spacial score (nSPS) is 10.0. The van der Waals surface area contributed by atoms with E-state index in [1.54, 1.807) is 24.3 Å². The largest absolute Gasteiger partial charge is 0.496 e. The van der Waals surface area contributed by atoms with Gasteiger partial charge >= 0.3 is 0 Å². The highest BCUT2D eigenvalue weighted by atomic mass is 16.6. The summed E-state index contributed by atoms with van der Waals surface area (Å²) in [6, 6.07) is 10.1. The number of nitro groups is 1. The van der Waals surface area contributed by atoms with E-state index in [0.717, 1.165) is 6.07 Å². The third-order valence-corrected chi connectivity index (χ3v) is 3.19. The number of benzene rings is 2. The van der Waals surface area contributed by atoms with E-state index in [4.69, 9.17) is 4.74 Å². The number of hydrogen-bond acceptors (Lipinski definition) is 5. The third-order valence-electron chi connectivity index (χ3n) is 3.19. The Hall–Kier alpha value is -3.22. The van der Waals surface area contributed by atoms with E-state index in [1.807, 2.05) is 0 Å². The lowest BCUT2D eigenvalue weighted by Gasteiger charge is -2.09. The van der Waals surface area contributed by atoms with E-state index < -0.39 is 10.8 Å². The van der Waals surface area contributed by atoms with Gasteiger partial charge in [0.15, 0.2) is 5.78 Å². The molecule has 0 aromatic heterocycles. The van der Waals surface area contributed by atoms with Crippen LogP contribution >= 0.6 is 0 Å². The molecule has 0 aliphatic rings. The van der Waals surface area contributed by atoms with Crippen molar-refractivity contribution in [3.05, 3.63) is 63.7 Å². The lowest BCUT2D eigenvalue weighted by Crippen LogP contribution is -2.13. The van der Waals surface area contributed by atoms with Crippen molar-refractivity contribution >= 4 is 23.1 Å². The first-order valence-electron chi connectivity index (χ1n) is 6.67. The zero-order chi connectivity index (χ0) is 17.0. The number of ether oxygens (including phenoxy) is 1. The van der Waals surface area contributed by atoms with E-state index in [2.05, 4.69) is 5.32 Å². The maximum atomic E-state index is 12.3. The summed E-state index contributed by atoms with van der Waals surface area (Å²) in [6.45, 7) is 1.45. The molecule has 7 heteroatoms. The SMILES string of the molecule is COc1ccc([N+](=O)[O-])cc1C(=O)Nc1ccc(C(C)=O)cc1. The van der Waals surface area contributed by atoms with E-state index in [-0.39, 0.29) is 22.8 Å². The van der Waals surface area contributed by atoms with Crippen molar-refractivity contribution in [2.75, 3.05) is 12.4 Å². The van der Waals surface area contributed by atoms with Crippen molar-refractivity contribution in [1.82, 2.24) is 0 Å². The third kappa shape index (κ3) is 3.70. The lowest BCUT2D eigenvalue weighted by atomic mass is 10.1. The number of carbonyl (C=O) groups is 2. The molecule has 2 aromatic carbocycles. The van der Waals surface area contributed by atoms with Crippen LogP contribution in [0.25, 0.3) is 0 Å². The topological polar surface area (TPSA) is 98.5 Å². The molecule has 0 fully saturated rings. The van der Waals surface area contributed by atoms with Crippen LogP contribution < -0.4 is 10.1 Å². The first-order chi connectivity index (χ1) is 10.9. The Morgan fingerprint density at radius 3 is 2.30 bits per heavy atom. The fraction of sp³-hybridized carbons (Fsp3) is 0.125. The number of hydrogen-bond donors (Lipinski definition) is 1. The van der Waals surface area contributed by atoms with Gasteiger partial charge in [0.05, 0.1) is 17.6 Å². The summed E-state index contributed by atoms with van der Waals surface area (Å²) in [5, 5.41) is 13.4. The van der Waals surface area contributed by atoms with Crippen molar-refractivity contribution < 1.29 is 19.2 Å². The van der Waals surface area contributed by atoms with Gasteiger partial charge < -0.3 is 10.1 Å². The van der Waals surface area contributed by atoms with E-state index in [1.165, 1.54) is 26.2 Å². The van der Waals surface area contributed by atoms with Crippen molar-refractivity contribution in [1.29, 1.82) is 0 Å². The second kappa shape index (κ2) is 6.69. The van der Waals surface area contributed by atoms with Crippen LogP contribution in [0.1, 0.15) is 27.6 Å². The lowest BCUT2D eigenvalue weighted by molar-refractivity contribution is -0.384. The average molecular weight is 314 g/mol. The van der Waals surface area contributed by atoms with Gasteiger partial charge in [-0.2, -0.15) is 0 Å². The van der Waals surface area contributed by atoms with Crippen molar-refractivity contribution in [2.24, 2.45) is 0 Å². The van der Waals surface area contributed by atoms with Crippen LogP contribution in [0.4, 0.5) is 11.4 Å². The summed E-state index contributed by atoms with van der Waals surface area (Å²) in [7, 11) is 1.37. The number of Topliss-reactive ketones (excluding diaryl/α,β-unsaturated/α-hetero) is 1. The summed E-state index contributed by atoms with van der Waals surface area (Å²) in [4.78, 5) is 33.8. The molecule has 23 heavy (non-hydrogen) atoms. The first-order valence-corrected chi connectivity index (χ1v) is 6.67. The van der Waals surface area contributed by atoms with E-state index in [9.17, 15) is 19.7 Å². The van der Waals surface area contributed by atoms with Crippen LogP contribution in [-0.2, 0) is 0 Å². The zero-order valence-corrected chi connectivity index (χ0v) is 12.5. The molecule has 0 aliphatic carbocycles. The number of nitrogens with one attached hydrogen (secondary N) is 1. The predicted molar refractivity (Wildman–Crippen MR) is 84.0 cm³/mol. The van der Waals surface area contributed by atoms with Crippen LogP contribution in [-0.4, -0.2) is 23.7 Å².